The Labute approximate surface area is 110 Å². The summed E-state index contributed by atoms with van der Waals surface area (Å²) < 4.78 is 0. The fraction of sp³-hybridized carbons (Fsp3) is 0.625. The minimum atomic E-state index is 0.731. The molecule has 2 aliphatic heterocycles. The SMILES string of the molecule is CCC1CCN(C2CCc3ccccc3NC2)C1. The smallest absolute Gasteiger partial charge is 0.0373 e. The van der Waals surface area contributed by atoms with Crippen molar-refractivity contribution in [2.75, 3.05) is 25.0 Å². The van der Waals surface area contributed by atoms with Gasteiger partial charge in [0.25, 0.3) is 0 Å². The second-order valence-electron chi connectivity index (χ2n) is 5.79. The summed E-state index contributed by atoms with van der Waals surface area (Å²) in [5.41, 5.74) is 2.84. The van der Waals surface area contributed by atoms with Crippen LogP contribution in [0.2, 0.25) is 0 Å². The van der Waals surface area contributed by atoms with Crippen molar-refractivity contribution >= 4 is 5.69 Å². The lowest BCUT2D eigenvalue weighted by Crippen LogP contribution is -2.38. The van der Waals surface area contributed by atoms with Crippen molar-refractivity contribution in [3.63, 3.8) is 0 Å². The maximum absolute atomic E-state index is 3.64. The predicted octanol–water partition coefficient (Wildman–Crippen LogP) is 3.15. The Kier molecular flexibility index (Phi) is 3.55. The quantitative estimate of drug-likeness (QED) is 0.860. The van der Waals surface area contributed by atoms with Gasteiger partial charge in [0, 0.05) is 24.8 Å². The highest BCUT2D eigenvalue weighted by Crippen LogP contribution is 2.27. The molecule has 0 radical (unpaired) electrons. The van der Waals surface area contributed by atoms with Crippen LogP contribution in [-0.4, -0.2) is 30.6 Å². The van der Waals surface area contributed by atoms with Crippen LogP contribution in [0.3, 0.4) is 0 Å². The molecule has 0 saturated carbocycles. The molecule has 1 saturated heterocycles. The molecule has 1 aromatic carbocycles. The summed E-state index contributed by atoms with van der Waals surface area (Å²) in [6.45, 7) is 6.07. The molecule has 0 bridgehead atoms. The third-order valence-corrected chi connectivity index (χ3v) is 4.70. The zero-order chi connectivity index (χ0) is 12.4. The first-order valence-corrected chi connectivity index (χ1v) is 7.42. The molecule has 0 aliphatic carbocycles. The van der Waals surface area contributed by atoms with E-state index in [1.54, 1.807) is 0 Å². The molecule has 0 spiro atoms. The van der Waals surface area contributed by atoms with Gasteiger partial charge in [-0.25, -0.2) is 0 Å². The Morgan fingerprint density at radius 3 is 3.00 bits per heavy atom. The number of benzene rings is 1. The molecule has 2 unspecified atom stereocenters. The van der Waals surface area contributed by atoms with Crippen molar-refractivity contribution in [2.45, 2.75) is 38.6 Å². The first-order chi connectivity index (χ1) is 8.86. The maximum atomic E-state index is 3.64. The highest BCUT2D eigenvalue weighted by Gasteiger charge is 2.28. The fourth-order valence-electron chi connectivity index (χ4n) is 3.40. The van der Waals surface area contributed by atoms with Crippen LogP contribution >= 0.6 is 0 Å². The minimum absolute atomic E-state index is 0.731. The van der Waals surface area contributed by atoms with E-state index in [1.165, 1.54) is 50.0 Å². The van der Waals surface area contributed by atoms with E-state index in [-0.39, 0.29) is 0 Å². The lowest BCUT2D eigenvalue weighted by molar-refractivity contribution is 0.233. The van der Waals surface area contributed by atoms with Crippen molar-refractivity contribution in [2.24, 2.45) is 5.92 Å². The molecule has 2 nitrogen and oxygen atoms in total. The van der Waals surface area contributed by atoms with Gasteiger partial charge in [-0.3, -0.25) is 4.90 Å². The van der Waals surface area contributed by atoms with E-state index in [9.17, 15) is 0 Å². The van der Waals surface area contributed by atoms with Gasteiger partial charge < -0.3 is 5.32 Å². The average Bonchev–Trinajstić information content (AvgIpc) is 2.79. The molecule has 1 aromatic rings. The van der Waals surface area contributed by atoms with Crippen LogP contribution in [-0.2, 0) is 6.42 Å². The van der Waals surface area contributed by atoms with Crippen molar-refractivity contribution in [1.82, 2.24) is 4.90 Å². The molecule has 2 heteroatoms. The van der Waals surface area contributed by atoms with Crippen LogP contribution in [0.5, 0.6) is 0 Å². The molecule has 18 heavy (non-hydrogen) atoms. The molecular weight excluding hydrogens is 220 g/mol. The van der Waals surface area contributed by atoms with E-state index in [1.807, 2.05) is 0 Å². The number of hydrogen-bond acceptors (Lipinski definition) is 2. The molecular formula is C16H24N2. The summed E-state index contributed by atoms with van der Waals surface area (Å²) >= 11 is 0. The Morgan fingerprint density at radius 1 is 1.28 bits per heavy atom. The summed E-state index contributed by atoms with van der Waals surface area (Å²) in [6.07, 6.45) is 5.28. The van der Waals surface area contributed by atoms with Crippen molar-refractivity contribution in [3.8, 4) is 0 Å². The highest BCUT2D eigenvalue weighted by atomic mass is 15.2. The summed E-state index contributed by atoms with van der Waals surface area (Å²) in [4.78, 5) is 2.72. The number of nitrogens with zero attached hydrogens (tertiary/aromatic N) is 1. The lowest BCUT2D eigenvalue weighted by Gasteiger charge is -2.26. The summed E-state index contributed by atoms with van der Waals surface area (Å²) in [5.74, 6) is 0.940. The number of anilines is 1. The third kappa shape index (κ3) is 2.39. The molecule has 1 fully saturated rings. The lowest BCUT2D eigenvalue weighted by atomic mass is 10.0. The van der Waals surface area contributed by atoms with Gasteiger partial charge in [-0.2, -0.15) is 0 Å². The maximum Gasteiger partial charge on any atom is 0.0373 e. The number of fused-ring (bicyclic) bond motifs is 1. The molecule has 2 atom stereocenters. The van der Waals surface area contributed by atoms with Crippen LogP contribution < -0.4 is 5.32 Å². The van der Waals surface area contributed by atoms with E-state index < -0.39 is 0 Å². The van der Waals surface area contributed by atoms with Gasteiger partial charge in [-0.1, -0.05) is 31.5 Å². The Morgan fingerprint density at radius 2 is 2.17 bits per heavy atom. The molecule has 0 aromatic heterocycles. The minimum Gasteiger partial charge on any atom is -0.383 e. The van der Waals surface area contributed by atoms with E-state index in [2.05, 4.69) is 41.4 Å². The molecule has 3 rings (SSSR count). The van der Waals surface area contributed by atoms with Gasteiger partial charge >= 0.3 is 0 Å². The Bertz CT molecular complexity index is 375. The van der Waals surface area contributed by atoms with Gasteiger partial charge in [0.1, 0.15) is 0 Å². The Balaban J connectivity index is 1.65. The van der Waals surface area contributed by atoms with E-state index in [0.717, 1.165) is 18.5 Å². The van der Waals surface area contributed by atoms with Crippen molar-refractivity contribution in [3.05, 3.63) is 29.8 Å². The second kappa shape index (κ2) is 5.31. The van der Waals surface area contributed by atoms with E-state index in [0.29, 0.717) is 0 Å². The normalized spacial score (nSPS) is 28.5. The van der Waals surface area contributed by atoms with Crippen molar-refractivity contribution < 1.29 is 0 Å². The van der Waals surface area contributed by atoms with Gasteiger partial charge in [0.05, 0.1) is 0 Å². The predicted molar refractivity (Wildman–Crippen MR) is 77.0 cm³/mol. The second-order valence-corrected chi connectivity index (χ2v) is 5.79. The molecule has 98 valence electrons. The van der Waals surface area contributed by atoms with Crippen LogP contribution in [0.1, 0.15) is 31.7 Å². The van der Waals surface area contributed by atoms with Gasteiger partial charge in [0.2, 0.25) is 0 Å². The number of hydrogen-bond donors (Lipinski definition) is 1. The van der Waals surface area contributed by atoms with Crippen LogP contribution in [0.25, 0.3) is 0 Å². The molecule has 2 aliphatic rings. The average molecular weight is 244 g/mol. The summed E-state index contributed by atoms with van der Waals surface area (Å²) in [7, 11) is 0. The monoisotopic (exact) mass is 244 g/mol. The topological polar surface area (TPSA) is 15.3 Å². The molecule has 1 N–H and O–H groups in total. The van der Waals surface area contributed by atoms with Crippen LogP contribution in [0.4, 0.5) is 5.69 Å². The number of rotatable bonds is 2. The number of para-hydroxylation sites is 1. The standard InChI is InChI=1S/C16H24N2/c1-2-13-9-10-18(12-13)15-8-7-14-5-3-4-6-16(14)17-11-15/h3-6,13,15,17H,2,7-12H2,1H3. The van der Waals surface area contributed by atoms with Gasteiger partial charge in [-0.15, -0.1) is 0 Å². The number of aryl methyl sites for hydroxylation is 1. The third-order valence-electron chi connectivity index (χ3n) is 4.70. The molecule has 0 amide bonds. The van der Waals surface area contributed by atoms with Gasteiger partial charge in [0.15, 0.2) is 0 Å². The van der Waals surface area contributed by atoms with Gasteiger partial charge in [-0.05, 0) is 43.4 Å². The fourth-order valence-corrected chi connectivity index (χ4v) is 3.40. The molecule has 2 heterocycles. The highest BCUT2D eigenvalue weighted by molar-refractivity contribution is 5.52. The van der Waals surface area contributed by atoms with E-state index >= 15 is 0 Å². The zero-order valence-corrected chi connectivity index (χ0v) is 11.4. The summed E-state index contributed by atoms with van der Waals surface area (Å²) in [5, 5.41) is 3.64. The zero-order valence-electron chi connectivity index (χ0n) is 11.4. The van der Waals surface area contributed by atoms with Crippen LogP contribution in [0, 0.1) is 5.92 Å². The largest absolute Gasteiger partial charge is 0.383 e. The number of nitrogens with one attached hydrogen (secondary N) is 1. The van der Waals surface area contributed by atoms with Crippen LogP contribution in [0.15, 0.2) is 24.3 Å². The first kappa shape index (κ1) is 12.0. The first-order valence-electron chi connectivity index (χ1n) is 7.42. The summed E-state index contributed by atoms with van der Waals surface area (Å²) in [6, 6.07) is 9.51. The number of likely N-dealkylation sites (tertiary alicyclic amines) is 1. The van der Waals surface area contributed by atoms with Crippen molar-refractivity contribution in [1.29, 1.82) is 0 Å². The van der Waals surface area contributed by atoms with E-state index in [4.69, 9.17) is 0 Å². The Hall–Kier alpha value is -1.02.